The Labute approximate surface area is 177 Å². The van der Waals surface area contributed by atoms with Crippen LogP contribution in [-0.4, -0.2) is 20.1 Å². The molecule has 4 rings (SSSR count). The fourth-order valence-corrected chi connectivity index (χ4v) is 4.36. The minimum Gasteiger partial charge on any atom is -0.497 e. The summed E-state index contributed by atoms with van der Waals surface area (Å²) in [5.41, 5.74) is 5.07. The first kappa shape index (κ1) is 20.0. The van der Waals surface area contributed by atoms with Gasteiger partial charge in [-0.1, -0.05) is 59.7 Å². The van der Waals surface area contributed by atoms with Crippen molar-refractivity contribution in [3.8, 4) is 11.5 Å². The van der Waals surface area contributed by atoms with Crippen LogP contribution in [0.4, 0.5) is 5.69 Å². The van der Waals surface area contributed by atoms with E-state index >= 15 is 0 Å². The minimum absolute atomic E-state index is 0.00966. The molecule has 0 aliphatic heterocycles. The average Bonchev–Trinajstić information content (AvgIpc) is 3.51. The van der Waals surface area contributed by atoms with Crippen LogP contribution in [0.1, 0.15) is 28.7 Å². The summed E-state index contributed by atoms with van der Waals surface area (Å²) in [6, 6.07) is 22.4. The smallest absolute Gasteiger partial charge is 0.228 e. The number of amides is 1. The summed E-state index contributed by atoms with van der Waals surface area (Å²) in [6.07, 6.45) is 0.776. The van der Waals surface area contributed by atoms with Crippen molar-refractivity contribution in [2.24, 2.45) is 5.92 Å². The molecule has 1 aliphatic carbocycles. The highest BCUT2D eigenvalue weighted by Crippen LogP contribution is 2.59. The molecule has 1 aliphatic rings. The van der Waals surface area contributed by atoms with Gasteiger partial charge in [-0.25, -0.2) is 0 Å². The van der Waals surface area contributed by atoms with Crippen LogP contribution in [0.15, 0.2) is 66.7 Å². The highest BCUT2D eigenvalue weighted by atomic mass is 16.5. The fourth-order valence-electron chi connectivity index (χ4n) is 4.36. The molecule has 30 heavy (non-hydrogen) atoms. The number of methoxy groups -OCH3 is 2. The molecular weight excluding hydrogens is 374 g/mol. The fraction of sp³-hybridized carbons (Fsp3) is 0.269. The second-order valence-corrected chi connectivity index (χ2v) is 8.02. The van der Waals surface area contributed by atoms with Crippen molar-refractivity contribution in [1.29, 1.82) is 0 Å². The molecule has 0 aromatic heterocycles. The third-order valence-corrected chi connectivity index (χ3v) is 6.01. The van der Waals surface area contributed by atoms with Crippen molar-refractivity contribution in [3.05, 3.63) is 89.0 Å². The molecule has 154 valence electrons. The lowest BCUT2D eigenvalue weighted by Gasteiger charge is -2.20. The van der Waals surface area contributed by atoms with Gasteiger partial charge in [0.25, 0.3) is 0 Å². The predicted octanol–water partition coefficient (Wildman–Crippen LogP) is 5.27. The molecule has 0 unspecified atom stereocenters. The molecule has 4 nitrogen and oxygen atoms in total. The Bertz CT molecular complexity index is 1040. The Balaban J connectivity index is 1.70. The van der Waals surface area contributed by atoms with Gasteiger partial charge in [-0.15, -0.1) is 0 Å². The van der Waals surface area contributed by atoms with Crippen LogP contribution in [0, 0.1) is 19.8 Å². The first-order valence-electron chi connectivity index (χ1n) is 10.1. The third kappa shape index (κ3) is 3.54. The maximum atomic E-state index is 13.4. The summed E-state index contributed by atoms with van der Waals surface area (Å²) < 4.78 is 10.7. The van der Waals surface area contributed by atoms with E-state index in [4.69, 9.17) is 9.47 Å². The number of aryl methyl sites for hydroxylation is 2. The van der Waals surface area contributed by atoms with Gasteiger partial charge in [0, 0.05) is 11.5 Å². The number of nitrogens with one attached hydrogen (secondary N) is 1. The Morgan fingerprint density at radius 2 is 1.53 bits per heavy atom. The molecule has 1 fully saturated rings. The van der Waals surface area contributed by atoms with Gasteiger partial charge in [0.2, 0.25) is 5.91 Å². The van der Waals surface area contributed by atoms with E-state index in [1.807, 2.05) is 6.07 Å². The lowest BCUT2D eigenvalue weighted by atomic mass is 9.84. The third-order valence-electron chi connectivity index (χ3n) is 6.01. The standard InChI is InChI=1S/C26H27NO3/c1-17-7-5-9-19(13-17)26(20-10-6-8-18(2)14-20)16-22(26)25(28)27-23-15-21(29-3)11-12-24(23)30-4/h5-15,22H,16H2,1-4H3,(H,27,28)/t22-/m0/s1. The van der Waals surface area contributed by atoms with Gasteiger partial charge in [-0.2, -0.15) is 0 Å². The van der Waals surface area contributed by atoms with Crippen molar-refractivity contribution in [3.63, 3.8) is 0 Å². The van der Waals surface area contributed by atoms with Gasteiger partial charge in [-0.05, 0) is 43.5 Å². The van der Waals surface area contributed by atoms with E-state index in [-0.39, 0.29) is 17.2 Å². The van der Waals surface area contributed by atoms with Gasteiger partial charge in [0.15, 0.2) is 0 Å². The van der Waals surface area contributed by atoms with E-state index in [9.17, 15) is 4.79 Å². The molecule has 0 heterocycles. The molecule has 3 aromatic carbocycles. The van der Waals surface area contributed by atoms with Crippen LogP contribution < -0.4 is 14.8 Å². The van der Waals surface area contributed by atoms with Crippen molar-refractivity contribution < 1.29 is 14.3 Å². The second-order valence-electron chi connectivity index (χ2n) is 8.02. The Morgan fingerprint density at radius 1 is 0.900 bits per heavy atom. The zero-order chi connectivity index (χ0) is 21.3. The average molecular weight is 402 g/mol. The Hall–Kier alpha value is -3.27. The molecule has 1 saturated carbocycles. The van der Waals surface area contributed by atoms with Crippen LogP contribution in [0.5, 0.6) is 11.5 Å². The summed E-state index contributed by atoms with van der Waals surface area (Å²) >= 11 is 0. The van der Waals surface area contributed by atoms with E-state index < -0.39 is 0 Å². The summed E-state index contributed by atoms with van der Waals surface area (Å²) in [5, 5.41) is 3.08. The van der Waals surface area contributed by atoms with Gasteiger partial charge < -0.3 is 14.8 Å². The van der Waals surface area contributed by atoms with Crippen LogP contribution in [0.3, 0.4) is 0 Å². The van der Waals surface area contributed by atoms with Crippen LogP contribution in [0.25, 0.3) is 0 Å². The molecule has 4 heteroatoms. The Morgan fingerprint density at radius 3 is 2.07 bits per heavy atom. The van der Waals surface area contributed by atoms with Crippen molar-refractivity contribution in [2.75, 3.05) is 19.5 Å². The zero-order valence-electron chi connectivity index (χ0n) is 17.9. The lowest BCUT2D eigenvalue weighted by molar-refractivity contribution is -0.117. The molecule has 1 atom stereocenters. The molecule has 3 aromatic rings. The quantitative estimate of drug-likeness (QED) is 0.612. The lowest BCUT2D eigenvalue weighted by Crippen LogP contribution is -2.22. The number of carbonyl (C=O) groups excluding carboxylic acids is 1. The maximum Gasteiger partial charge on any atom is 0.228 e. The van der Waals surface area contributed by atoms with E-state index in [0.717, 1.165) is 6.42 Å². The predicted molar refractivity (Wildman–Crippen MR) is 119 cm³/mol. The summed E-state index contributed by atoms with van der Waals surface area (Å²) in [4.78, 5) is 13.4. The summed E-state index contributed by atoms with van der Waals surface area (Å²) in [5.74, 6) is 1.12. The number of ether oxygens (including phenoxy) is 2. The number of anilines is 1. The number of hydrogen-bond acceptors (Lipinski definition) is 3. The number of benzene rings is 3. The monoisotopic (exact) mass is 401 g/mol. The summed E-state index contributed by atoms with van der Waals surface area (Å²) in [6.45, 7) is 4.18. The van der Waals surface area contributed by atoms with Gasteiger partial charge in [0.1, 0.15) is 11.5 Å². The highest BCUT2D eigenvalue weighted by Gasteiger charge is 2.60. The van der Waals surface area contributed by atoms with Crippen molar-refractivity contribution >= 4 is 11.6 Å². The first-order chi connectivity index (χ1) is 14.5. The molecule has 0 bridgehead atoms. The molecule has 0 radical (unpaired) electrons. The van der Waals surface area contributed by atoms with E-state index in [2.05, 4.69) is 67.7 Å². The van der Waals surface area contributed by atoms with Gasteiger partial charge in [-0.3, -0.25) is 4.79 Å². The highest BCUT2D eigenvalue weighted by molar-refractivity contribution is 5.98. The second kappa shape index (κ2) is 7.86. The number of rotatable bonds is 6. The van der Waals surface area contributed by atoms with Crippen LogP contribution >= 0.6 is 0 Å². The topological polar surface area (TPSA) is 47.6 Å². The van der Waals surface area contributed by atoms with Crippen molar-refractivity contribution in [2.45, 2.75) is 25.7 Å². The minimum atomic E-state index is -0.311. The number of carbonyl (C=O) groups is 1. The zero-order valence-corrected chi connectivity index (χ0v) is 17.9. The molecule has 0 saturated heterocycles. The number of hydrogen-bond donors (Lipinski definition) is 1. The largest absolute Gasteiger partial charge is 0.497 e. The Kier molecular flexibility index (Phi) is 5.25. The maximum absolute atomic E-state index is 13.4. The molecule has 1 amide bonds. The van der Waals surface area contributed by atoms with Crippen LogP contribution in [-0.2, 0) is 10.2 Å². The normalized spacial score (nSPS) is 16.6. The molecular formula is C26H27NO3. The van der Waals surface area contributed by atoms with E-state index in [1.54, 1.807) is 26.4 Å². The first-order valence-corrected chi connectivity index (χ1v) is 10.1. The van der Waals surface area contributed by atoms with Crippen LogP contribution in [0.2, 0.25) is 0 Å². The van der Waals surface area contributed by atoms with E-state index in [0.29, 0.717) is 17.2 Å². The SMILES string of the molecule is COc1ccc(OC)c(NC(=O)[C@@H]2CC2(c2cccc(C)c2)c2cccc(C)c2)c1. The summed E-state index contributed by atoms with van der Waals surface area (Å²) in [7, 11) is 3.20. The van der Waals surface area contributed by atoms with Gasteiger partial charge in [0.05, 0.1) is 25.8 Å². The van der Waals surface area contributed by atoms with E-state index in [1.165, 1.54) is 22.3 Å². The van der Waals surface area contributed by atoms with Crippen molar-refractivity contribution in [1.82, 2.24) is 0 Å². The van der Waals surface area contributed by atoms with Gasteiger partial charge >= 0.3 is 0 Å². The molecule has 1 N–H and O–H groups in total. The molecule has 0 spiro atoms.